The Hall–Kier alpha value is -2.36. The van der Waals surface area contributed by atoms with E-state index < -0.39 is 0 Å². The predicted molar refractivity (Wildman–Crippen MR) is 199 cm³/mol. The Kier molecular flexibility index (Phi) is 18.9. The van der Waals surface area contributed by atoms with Crippen molar-refractivity contribution in [3.05, 3.63) is 120 Å². The minimum Gasteiger partial charge on any atom is -1.00 e. The number of aryl methyl sites for hydroxylation is 4. The Morgan fingerprint density at radius 2 is 0.938 bits per heavy atom. The molecule has 6 rings (SSSR count). The van der Waals surface area contributed by atoms with Gasteiger partial charge < -0.3 is 24.8 Å². The fourth-order valence-electron chi connectivity index (χ4n) is 6.09. The number of nitrogens with zero attached hydrogens (tertiary/aromatic N) is 2. The summed E-state index contributed by atoms with van der Waals surface area (Å²) in [5.74, 6) is 0. The summed E-state index contributed by atoms with van der Waals surface area (Å²) in [5.41, 5.74) is 10.6. The average molecular weight is 773 g/mol. The molecule has 252 valence electrons. The van der Waals surface area contributed by atoms with E-state index in [1.807, 2.05) is 24.5 Å². The molecule has 48 heavy (non-hydrogen) atoms. The van der Waals surface area contributed by atoms with Crippen molar-refractivity contribution in [2.24, 2.45) is 0 Å². The number of hydrogen-bond acceptors (Lipinski definition) is 2. The van der Waals surface area contributed by atoms with Crippen LogP contribution in [0.3, 0.4) is 0 Å². The summed E-state index contributed by atoms with van der Waals surface area (Å²) < 4.78 is 0. The van der Waals surface area contributed by atoms with Gasteiger partial charge in [0.15, 0.2) is 0 Å². The van der Waals surface area contributed by atoms with Crippen LogP contribution < -0.4 is 24.8 Å². The first-order valence-electron chi connectivity index (χ1n) is 17.2. The first kappa shape index (κ1) is 41.8. The van der Waals surface area contributed by atoms with Crippen LogP contribution >= 0.6 is 0 Å². The van der Waals surface area contributed by atoms with E-state index in [-0.39, 0.29) is 30.2 Å². The molecule has 0 spiro atoms. The van der Waals surface area contributed by atoms with Gasteiger partial charge in [0.25, 0.3) is 0 Å². The molecule has 0 aliphatic carbocycles. The van der Waals surface area contributed by atoms with Gasteiger partial charge in [-0.05, 0) is 61.1 Å². The Morgan fingerprint density at radius 1 is 0.562 bits per heavy atom. The third-order valence-corrected chi connectivity index (χ3v) is 7.92. The van der Waals surface area contributed by atoms with Gasteiger partial charge in [0.05, 0.1) is 11.4 Å². The monoisotopic (exact) mass is 770 g/mol. The second-order valence-electron chi connectivity index (χ2n) is 12.4. The van der Waals surface area contributed by atoms with Crippen LogP contribution in [0.4, 0.5) is 0 Å². The zero-order valence-electron chi connectivity index (χ0n) is 29.5. The van der Waals surface area contributed by atoms with Crippen molar-refractivity contribution in [2.75, 3.05) is 0 Å². The van der Waals surface area contributed by atoms with Gasteiger partial charge >= 0.3 is 41.9 Å². The van der Waals surface area contributed by atoms with Gasteiger partial charge in [0, 0.05) is 12.4 Å². The first-order valence-corrected chi connectivity index (χ1v) is 23.3. The van der Waals surface area contributed by atoms with Crippen molar-refractivity contribution in [2.45, 2.75) is 92.2 Å². The maximum atomic E-state index is 4.56. The van der Waals surface area contributed by atoms with E-state index in [0.29, 0.717) is 0 Å². The summed E-state index contributed by atoms with van der Waals surface area (Å²) in [4.78, 5) is 9.11. The van der Waals surface area contributed by atoms with E-state index in [4.69, 9.17) is 0 Å². The number of aromatic nitrogens is 2. The summed E-state index contributed by atoms with van der Waals surface area (Å²) in [7, 11) is 0. The molecule has 0 bridgehead atoms. The van der Waals surface area contributed by atoms with Crippen LogP contribution in [0.25, 0.3) is 44.1 Å². The molecule has 0 unspecified atom stereocenters. The van der Waals surface area contributed by atoms with E-state index in [0.717, 1.165) is 37.1 Å². The van der Waals surface area contributed by atoms with E-state index in [1.165, 1.54) is 80.6 Å². The Labute approximate surface area is 317 Å². The number of hydrogen-bond donors (Lipinski definition) is 0. The summed E-state index contributed by atoms with van der Waals surface area (Å²) in [6.45, 7) is 13.6. The molecule has 0 N–H and O–H groups in total. The van der Waals surface area contributed by atoms with Crippen molar-refractivity contribution in [3.63, 3.8) is 0 Å². The zero-order valence-corrected chi connectivity index (χ0v) is 34.5. The summed E-state index contributed by atoms with van der Waals surface area (Å²) >= 11 is 1.74. The van der Waals surface area contributed by atoms with Gasteiger partial charge in [0.1, 0.15) is 0 Å². The Morgan fingerprint density at radius 3 is 1.25 bits per heavy atom. The fraction of sp³-hybridized carbons (Fsp3) is 0.333. The number of fused-ring (bicyclic) bond motifs is 2. The Balaban J connectivity index is 0.000000289. The quantitative estimate of drug-likeness (QED) is 0.129. The minimum absolute atomic E-state index is 0. The number of pyridine rings is 2. The van der Waals surface area contributed by atoms with Gasteiger partial charge in [-0.3, -0.25) is 9.97 Å². The van der Waals surface area contributed by atoms with Crippen LogP contribution in [-0.4, -0.2) is 15.4 Å². The second-order valence-corrected chi connectivity index (χ2v) is 21.8. The molecule has 0 saturated carbocycles. The third kappa shape index (κ3) is 11.9. The van der Waals surface area contributed by atoms with Crippen LogP contribution in [0.1, 0.15) is 75.6 Å². The van der Waals surface area contributed by atoms with Gasteiger partial charge in [0.2, 0.25) is 0 Å². The Bertz CT molecular complexity index is 1690. The SMILES string of the molecule is CCCc1cc(-c2ccccn2)c2cc(CCC)[cH-]c2c1.CCCc1cc(-c2ccccn2)c2cc(CCC)[cH-]c2c1.C[Si](C)=[Zr+2].[Cl-].[Cl-]. The minimum atomic E-state index is 0. The average Bonchev–Trinajstić information content (AvgIpc) is 3.65. The van der Waals surface area contributed by atoms with Crippen LogP contribution in [0.15, 0.2) is 97.3 Å². The van der Waals surface area contributed by atoms with Crippen LogP contribution in [0.2, 0.25) is 13.1 Å². The first-order chi connectivity index (χ1) is 22.4. The zero-order chi connectivity index (χ0) is 32.9. The fourth-order valence-corrected chi connectivity index (χ4v) is 6.09. The molecule has 0 amide bonds. The molecule has 0 fully saturated rings. The maximum absolute atomic E-state index is 4.56. The molecule has 6 heteroatoms. The molecule has 0 aliphatic rings. The van der Waals surface area contributed by atoms with Crippen LogP contribution in [-0.2, 0) is 49.0 Å². The number of benzene rings is 2. The van der Waals surface area contributed by atoms with Crippen LogP contribution in [0, 0.1) is 0 Å². The van der Waals surface area contributed by atoms with E-state index in [2.05, 4.69) is 124 Å². The molecule has 0 atom stereocenters. The van der Waals surface area contributed by atoms with Crippen molar-refractivity contribution in [3.8, 4) is 22.5 Å². The van der Waals surface area contributed by atoms with Gasteiger partial charge in [-0.2, -0.15) is 12.1 Å². The van der Waals surface area contributed by atoms with Gasteiger partial charge in [-0.25, -0.2) is 0 Å². The smallest absolute Gasteiger partial charge is 1.00 e. The van der Waals surface area contributed by atoms with Crippen molar-refractivity contribution < 1.29 is 48.1 Å². The molecular weight excluding hydrogens is 723 g/mol. The normalized spacial score (nSPS) is 10.3. The molecule has 0 saturated heterocycles. The maximum Gasteiger partial charge on any atom is -1.00 e. The standard InChI is InChI=1S/2C20H22N.C2H6Si.2ClH.Zr/c2*1-3-7-15-11-17-12-16(8-4-2)14-19(18(17)13-15)20-9-5-6-10-21-20;1-3-2;;;/h2*5-6,9-14H,3-4,7-8H2,1-2H3;1-2H3;2*1H;/q2*-1;;;;+2/p-2. The van der Waals surface area contributed by atoms with Crippen molar-refractivity contribution in [1.82, 2.24) is 9.97 Å². The molecule has 2 nitrogen and oxygen atoms in total. The molecule has 4 aromatic carbocycles. The summed E-state index contributed by atoms with van der Waals surface area (Å²) in [5, 5.41) is 5.42. The number of rotatable bonds is 10. The van der Waals surface area contributed by atoms with Gasteiger partial charge in [-0.1, -0.05) is 88.8 Å². The molecule has 2 aromatic heterocycles. The van der Waals surface area contributed by atoms with E-state index >= 15 is 0 Å². The van der Waals surface area contributed by atoms with Crippen molar-refractivity contribution in [1.29, 1.82) is 0 Å². The van der Waals surface area contributed by atoms with E-state index in [1.54, 1.807) is 23.3 Å². The number of halogens is 2. The predicted octanol–water partition coefficient (Wildman–Crippen LogP) is 5.84. The molecular formula is C42H50Cl2N2SiZr-2. The topological polar surface area (TPSA) is 25.8 Å². The summed E-state index contributed by atoms with van der Waals surface area (Å²) in [6, 6.07) is 31.0. The second kappa shape index (κ2) is 21.7. The van der Waals surface area contributed by atoms with E-state index in [9.17, 15) is 0 Å². The molecule has 0 aliphatic heterocycles. The molecule has 2 heterocycles. The molecule has 6 aromatic rings. The van der Waals surface area contributed by atoms with Crippen LogP contribution in [0.5, 0.6) is 0 Å². The third-order valence-electron chi connectivity index (χ3n) is 7.92. The summed E-state index contributed by atoms with van der Waals surface area (Å²) in [6.07, 6.45) is 13.1. The van der Waals surface area contributed by atoms with Gasteiger partial charge in [-0.15, -0.1) is 56.9 Å². The largest absolute Gasteiger partial charge is 1.00 e. The molecule has 0 radical (unpaired) electrons. The van der Waals surface area contributed by atoms with Crippen molar-refractivity contribution >= 4 is 27.0 Å².